The largest absolute Gasteiger partial charge is 0.464 e. The number of nitrogens with zero attached hydrogens (tertiary/aromatic N) is 4. The molecule has 0 fully saturated rings. The fourth-order valence-electron chi connectivity index (χ4n) is 1.33. The third kappa shape index (κ3) is 6.23. The number of esters is 1. The van der Waals surface area contributed by atoms with Crippen molar-refractivity contribution in [2.24, 2.45) is 0 Å². The van der Waals surface area contributed by atoms with Gasteiger partial charge in [-0.2, -0.15) is 26.3 Å². The number of hydrogen-bond acceptors (Lipinski definition) is 7. The Morgan fingerprint density at radius 1 is 1.00 bits per heavy atom. The average Bonchev–Trinajstić information content (AvgIpc) is 2.60. The summed E-state index contributed by atoms with van der Waals surface area (Å²) in [5, 5.41) is 8.47. The highest BCUT2D eigenvalue weighted by Crippen LogP contribution is 2.26. The predicted molar refractivity (Wildman–Crippen MR) is 71.3 cm³/mol. The summed E-state index contributed by atoms with van der Waals surface area (Å²) in [7, 11) is 1.05. The van der Waals surface area contributed by atoms with E-state index in [1.54, 1.807) is 0 Å². The molecule has 0 spiro atoms. The molecular formula is C13H10F6N4O3. The molecule has 13 heteroatoms. The quantitative estimate of drug-likeness (QED) is 0.627. The molecule has 0 unspecified atom stereocenters. The molecule has 142 valence electrons. The van der Waals surface area contributed by atoms with Gasteiger partial charge in [0.1, 0.15) is 0 Å². The van der Waals surface area contributed by atoms with Crippen LogP contribution < -0.4 is 0 Å². The Morgan fingerprint density at radius 2 is 1.50 bits per heavy atom. The first-order valence-corrected chi connectivity index (χ1v) is 6.47. The van der Waals surface area contributed by atoms with E-state index >= 15 is 0 Å². The molecule has 0 atom stereocenters. The molecule has 0 amide bonds. The molecule has 7 nitrogen and oxygen atoms in total. The molecule has 0 aromatic carbocycles. The number of carbonyl (C=O) groups excluding carboxylic acids is 1. The van der Waals surface area contributed by atoms with Crippen LogP contribution in [-0.4, -0.2) is 38.1 Å². The van der Waals surface area contributed by atoms with Gasteiger partial charge < -0.3 is 9.84 Å². The molecule has 0 saturated heterocycles. The molecule has 0 saturated carbocycles. The number of aromatic nitrogens is 4. The number of hydrogen-bond donors (Lipinski definition) is 1. The van der Waals surface area contributed by atoms with E-state index in [-0.39, 0.29) is 5.69 Å². The number of rotatable bonds is 2. The van der Waals surface area contributed by atoms with E-state index in [1.807, 2.05) is 0 Å². The summed E-state index contributed by atoms with van der Waals surface area (Å²) in [6, 6.07) is 2.26. The van der Waals surface area contributed by atoms with Crippen LogP contribution in [0.1, 0.15) is 27.8 Å². The predicted octanol–water partition coefficient (Wildman–Crippen LogP) is 2.27. The summed E-state index contributed by atoms with van der Waals surface area (Å²) in [6.07, 6.45) is -7.40. The minimum absolute atomic E-state index is 0.0441. The maximum Gasteiger partial charge on any atom is 0.451 e. The third-order valence-corrected chi connectivity index (χ3v) is 2.43. The van der Waals surface area contributed by atoms with Crippen molar-refractivity contribution < 1.29 is 41.0 Å². The number of alkyl halides is 6. The molecule has 2 rings (SSSR count). The van der Waals surface area contributed by atoms with Crippen molar-refractivity contribution in [2.75, 3.05) is 7.11 Å². The normalized spacial score (nSPS) is 11.4. The Kier molecular flexibility index (Phi) is 6.94. The lowest BCUT2D eigenvalue weighted by atomic mass is 10.4. The summed E-state index contributed by atoms with van der Waals surface area (Å²) in [5.74, 6) is -3.52. The van der Waals surface area contributed by atoms with Crippen molar-refractivity contribution in [3.05, 3.63) is 47.6 Å². The molecule has 0 bridgehead atoms. The average molecular weight is 384 g/mol. The highest BCUT2D eigenvalue weighted by molar-refractivity contribution is 5.86. The molecule has 26 heavy (non-hydrogen) atoms. The first kappa shape index (κ1) is 21.2. The Hall–Kier alpha value is -2.83. The van der Waals surface area contributed by atoms with Gasteiger partial charge in [0.15, 0.2) is 5.69 Å². The second-order valence-electron chi connectivity index (χ2n) is 4.28. The summed E-state index contributed by atoms with van der Waals surface area (Å²) in [4.78, 5) is 22.9. The van der Waals surface area contributed by atoms with Gasteiger partial charge in [0.05, 0.1) is 19.4 Å². The third-order valence-electron chi connectivity index (χ3n) is 2.43. The van der Waals surface area contributed by atoms with E-state index in [1.165, 1.54) is 6.07 Å². The van der Waals surface area contributed by atoms with Crippen LogP contribution in [0.3, 0.4) is 0 Å². The highest BCUT2D eigenvalue weighted by Gasteiger charge is 2.35. The van der Waals surface area contributed by atoms with Crippen molar-refractivity contribution in [3.8, 4) is 0 Å². The minimum atomic E-state index is -4.66. The molecule has 2 aromatic rings. The standard InChI is InChI=1S/C7H5F3N2O2.C6H5F3N2O/c1-14-5(13)4-2-3-11-6(12-4)7(8,9)10;7-6(8,9)5-10-2-1-4(3-12)11-5/h2-3H,1H3;1-2,12H,3H2. The van der Waals surface area contributed by atoms with Crippen LogP contribution in [-0.2, 0) is 23.7 Å². The van der Waals surface area contributed by atoms with Crippen LogP contribution in [0.25, 0.3) is 0 Å². The van der Waals surface area contributed by atoms with Crippen LogP contribution in [0.15, 0.2) is 24.5 Å². The first-order chi connectivity index (χ1) is 12.0. The first-order valence-electron chi connectivity index (χ1n) is 6.47. The van der Waals surface area contributed by atoms with E-state index in [4.69, 9.17) is 5.11 Å². The molecule has 2 aromatic heterocycles. The number of aliphatic hydroxyl groups excluding tert-OH is 1. The molecule has 0 aliphatic carbocycles. The van der Waals surface area contributed by atoms with Crippen LogP contribution in [0, 0.1) is 0 Å². The lowest BCUT2D eigenvalue weighted by Crippen LogP contribution is -2.14. The van der Waals surface area contributed by atoms with Crippen molar-refractivity contribution >= 4 is 5.97 Å². The number of ether oxygens (including phenoxy) is 1. The molecule has 0 aliphatic rings. The molecule has 1 N–H and O–H groups in total. The van der Waals surface area contributed by atoms with Gasteiger partial charge in [0.25, 0.3) is 0 Å². The van der Waals surface area contributed by atoms with Gasteiger partial charge in [-0.05, 0) is 12.1 Å². The number of methoxy groups -OCH3 is 1. The van der Waals surface area contributed by atoms with Gasteiger partial charge in [0.2, 0.25) is 11.6 Å². The second-order valence-corrected chi connectivity index (χ2v) is 4.28. The number of aliphatic hydroxyl groups is 1. The van der Waals surface area contributed by atoms with Crippen LogP contribution in [0.2, 0.25) is 0 Å². The van der Waals surface area contributed by atoms with Crippen LogP contribution in [0.4, 0.5) is 26.3 Å². The fourth-order valence-corrected chi connectivity index (χ4v) is 1.33. The lowest BCUT2D eigenvalue weighted by Gasteiger charge is -2.04. The van der Waals surface area contributed by atoms with Gasteiger partial charge in [0, 0.05) is 12.4 Å². The monoisotopic (exact) mass is 384 g/mol. The molecular weight excluding hydrogens is 374 g/mol. The molecule has 2 heterocycles. The maximum absolute atomic E-state index is 12.1. The zero-order chi connectivity index (χ0) is 20.0. The van der Waals surface area contributed by atoms with Crippen LogP contribution in [0.5, 0.6) is 0 Å². The van der Waals surface area contributed by atoms with Gasteiger partial charge in [-0.1, -0.05) is 0 Å². The highest BCUT2D eigenvalue weighted by atomic mass is 19.4. The molecule has 0 radical (unpaired) electrons. The second kappa shape index (κ2) is 8.51. The summed E-state index contributed by atoms with van der Waals surface area (Å²) < 4.78 is 76.1. The SMILES string of the molecule is COC(=O)c1ccnc(C(F)(F)F)n1.OCc1ccnc(C(F)(F)F)n1. The number of carbonyl (C=O) groups is 1. The number of halogens is 6. The van der Waals surface area contributed by atoms with E-state index in [0.717, 1.165) is 25.6 Å². The van der Waals surface area contributed by atoms with Crippen molar-refractivity contribution in [2.45, 2.75) is 19.0 Å². The lowest BCUT2D eigenvalue weighted by molar-refractivity contribution is -0.145. The Morgan fingerprint density at radius 3 is 1.96 bits per heavy atom. The Bertz CT molecular complexity index is 751. The van der Waals surface area contributed by atoms with Gasteiger partial charge in [-0.15, -0.1) is 0 Å². The van der Waals surface area contributed by atoms with Crippen molar-refractivity contribution in [3.63, 3.8) is 0 Å². The van der Waals surface area contributed by atoms with Crippen molar-refractivity contribution in [1.29, 1.82) is 0 Å². The molecule has 0 aliphatic heterocycles. The van der Waals surface area contributed by atoms with E-state index in [0.29, 0.717) is 0 Å². The van der Waals surface area contributed by atoms with Gasteiger partial charge in [-0.25, -0.2) is 24.7 Å². The minimum Gasteiger partial charge on any atom is -0.464 e. The Labute approximate surface area is 141 Å². The zero-order valence-electron chi connectivity index (χ0n) is 12.8. The Balaban J connectivity index is 0.000000263. The topological polar surface area (TPSA) is 98.1 Å². The van der Waals surface area contributed by atoms with E-state index < -0.39 is 42.3 Å². The zero-order valence-corrected chi connectivity index (χ0v) is 12.8. The fraction of sp³-hybridized carbons (Fsp3) is 0.308. The summed E-state index contributed by atoms with van der Waals surface area (Å²) in [6.45, 7) is -0.522. The van der Waals surface area contributed by atoms with Gasteiger partial charge >= 0.3 is 18.3 Å². The maximum atomic E-state index is 12.1. The van der Waals surface area contributed by atoms with E-state index in [9.17, 15) is 31.1 Å². The van der Waals surface area contributed by atoms with Gasteiger partial charge in [-0.3, -0.25) is 0 Å². The van der Waals surface area contributed by atoms with Crippen LogP contribution >= 0.6 is 0 Å². The van der Waals surface area contributed by atoms with E-state index in [2.05, 4.69) is 24.7 Å². The summed E-state index contributed by atoms with van der Waals surface area (Å²) >= 11 is 0. The smallest absolute Gasteiger partial charge is 0.451 e. The summed E-state index contributed by atoms with van der Waals surface area (Å²) in [5.41, 5.74) is -0.466. The van der Waals surface area contributed by atoms with Crippen molar-refractivity contribution in [1.82, 2.24) is 19.9 Å².